The molecule has 0 heterocycles. The summed E-state index contributed by atoms with van der Waals surface area (Å²) >= 11 is 15.2. The van der Waals surface area contributed by atoms with Crippen molar-refractivity contribution in [3.63, 3.8) is 0 Å². The van der Waals surface area contributed by atoms with Crippen molar-refractivity contribution in [2.24, 2.45) is 5.92 Å². The summed E-state index contributed by atoms with van der Waals surface area (Å²) < 4.78 is 28.4. The van der Waals surface area contributed by atoms with Gasteiger partial charge in [0.25, 0.3) is 0 Å². The van der Waals surface area contributed by atoms with E-state index < -0.39 is 28.9 Å². The van der Waals surface area contributed by atoms with Gasteiger partial charge in [-0.05, 0) is 29.7 Å². The molecule has 0 aliphatic rings. The standard InChI is InChI=1S/C18H15BrCl2F2O2/c1-18(2,9-3-5-10(19)6-4-9)12(17(24)25)7-11-15(20)13(22)8-14(23)16(11)21/h3-6,8,12H,7H2,1-2H3,(H,24,25). The second-order valence-electron chi connectivity index (χ2n) is 6.27. The van der Waals surface area contributed by atoms with Crippen LogP contribution in [0.2, 0.25) is 10.0 Å². The summed E-state index contributed by atoms with van der Waals surface area (Å²) in [7, 11) is 0. The van der Waals surface area contributed by atoms with Gasteiger partial charge in [-0.1, -0.05) is 65.1 Å². The first-order valence-corrected chi connectivity index (χ1v) is 8.91. The van der Waals surface area contributed by atoms with Gasteiger partial charge in [0.05, 0.1) is 16.0 Å². The van der Waals surface area contributed by atoms with E-state index in [0.717, 1.165) is 10.0 Å². The van der Waals surface area contributed by atoms with Crippen molar-refractivity contribution in [2.45, 2.75) is 25.7 Å². The summed E-state index contributed by atoms with van der Waals surface area (Å²) in [6, 6.07) is 7.80. The first-order chi connectivity index (χ1) is 11.6. The third-order valence-electron chi connectivity index (χ3n) is 4.37. The second-order valence-corrected chi connectivity index (χ2v) is 7.94. The minimum atomic E-state index is -1.11. The third-order valence-corrected chi connectivity index (χ3v) is 5.71. The number of carbonyl (C=O) groups is 1. The largest absolute Gasteiger partial charge is 0.481 e. The SMILES string of the molecule is CC(C)(c1ccc(Br)cc1)C(Cc1c(Cl)c(F)cc(F)c1Cl)C(=O)O. The van der Waals surface area contributed by atoms with Crippen molar-refractivity contribution < 1.29 is 18.7 Å². The van der Waals surface area contributed by atoms with Gasteiger partial charge in [-0.2, -0.15) is 0 Å². The van der Waals surface area contributed by atoms with Crippen LogP contribution < -0.4 is 0 Å². The van der Waals surface area contributed by atoms with Gasteiger partial charge in [0.2, 0.25) is 0 Å². The highest BCUT2D eigenvalue weighted by Crippen LogP contribution is 2.39. The summed E-state index contributed by atoms with van der Waals surface area (Å²) in [5.41, 5.74) is -0.104. The Kier molecular flexibility index (Phi) is 6.13. The second kappa shape index (κ2) is 7.60. The lowest BCUT2D eigenvalue weighted by molar-refractivity contribution is -0.144. The van der Waals surface area contributed by atoms with E-state index in [1.165, 1.54) is 0 Å². The van der Waals surface area contributed by atoms with E-state index in [0.29, 0.717) is 6.07 Å². The predicted octanol–water partition coefficient (Wildman–Crippen LogP) is 6.26. The van der Waals surface area contributed by atoms with Crippen LogP contribution in [0.5, 0.6) is 0 Å². The molecule has 0 fully saturated rings. The Morgan fingerprint density at radius 3 is 2.08 bits per heavy atom. The van der Waals surface area contributed by atoms with E-state index in [4.69, 9.17) is 23.2 Å². The van der Waals surface area contributed by atoms with Crippen molar-refractivity contribution in [3.8, 4) is 0 Å². The maximum atomic E-state index is 13.8. The molecular weight excluding hydrogens is 437 g/mol. The van der Waals surface area contributed by atoms with Gasteiger partial charge >= 0.3 is 5.97 Å². The summed E-state index contributed by atoms with van der Waals surface area (Å²) in [5, 5.41) is 9.01. The smallest absolute Gasteiger partial charge is 0.307 e. The van der Waals surface area contributed by atoms with Crippen molar-refractivity contribution in [1.82, 2.24) is 0 Å². The van der Waals surface area contributed by atoms with Crippen LogP contribution in [-0.4, -0.2) is 11.1 Å². The number of hydrogen-bond donors (Lipinski definition) is 1. The zero-order valence-electron chi connectivity index (χ0n) is 13.4. The molecule has 0 saturated heterocycles. The maximum Gasteiger partial charge on any atom is 0.307 e. The van der Waals surface area contributed by atoms with E-state index in [9.17, 15) is 18.7 Å². The molecule has 7 heteroatoms. The normalized spacial score (nSPS) is 12.9. The molecule has 0 aliphatic carbocycles. The highest BCUT2D eigenvalue weighted by atomic mass is 79.9. The predicted molar refractivity (Wildman–Crippen MR) is 98.4 cm³/mol. The Balaban J connectivity index is 2.50. The Morgan fingerprint density at radius 1 is 1.16 bits per heavy atom. The third kappa shape index (κ3) is 4.15. The Bertz CT molecular complexity index is 781. The van der Waals surface area contributed by atoms with Gasteiger partial charge in [-0.25, -0.2) is 8.78 Å². The number of carboxylic acid groups (broad SMARTS) is 1. The molecule has 2 aromatic carbocycles. The van der Waals surface area contributed by atoms with Crippen LogP contribution >= 0.6 is 39.1 Å². The van der Waals surface area contributed by atoms with Gasteiger partial charge in [0.15, 0.2) is 0 Å². The van der Waals surface area contributed by atoms with Crippen LogP contribution in [0.3, 0.4) is 0 Å². The van der Waals surface area contributed by atoms with Crippen LogP contribution in [-0.2, 0) is 16.6 Å². The van der Waals surface area contributed by atoms with Crippen molar-refractivity contribution in [2.75, 3.05) is 0 Å². The van der Waals surface area contributed by atoms with Gasteiger partial charge in [-0.15, -0.1) is 0 Å². The number of benzene rings is 2. The van der Waals surface area contributed by atoms with Crippen molar-refractivity contribution in [3.05, 3.63) is 67.6 Å². The van der Waals surface area contributed by atoms with E-state index >= 15 is 0 Å². The topological polar surface area (TPSA) is 37.3 Å². The first-order valence-electron chi connectivity index (χ1n) is 7.36. The molecular formula is C18H15BrCl2F2O2. The summed E-state index contributed by atoms with van der Waals surface area (Å²) in [5.74, 6) is -4.04. The van der Waals surface area contributed by atoms with Gasteiger partial charge in [0, 0.05) is 16.0 Å². The first kappa shape index (κ1) is 20.1. The monoisotopic (exact) mass is 450 g/mol. The lowest BCUT2D eigenvalue weighted by atomic mass is 9.71. The van der Waals surface area contributed by atoms with E-state index in [1.54, 1.807) is 38.1 Å². The quantitative estimate of drug-likeness (QED) is 0.545. The van der Waals surface area contributed by atoms with Crippen LogP contribution in [0.15, 0.2) is 34.8 Å². The number of halogens is 5. The number of hydrogen-bond acceptors (Lipinski definition) is 1. The summed E-state index contributed by atoms with van der Waals surface area (Å²) in [4.78, 5) is 11.9. The highest BCUT2D eigenvalue weighted by molar-refractivity contribution is 9.10. The molecule has 2 aromatic rings. The Hall–Kier alpha value is -1.17. The number of carboxylic acids is 1. The fourth-order valence-corrected chi connectivity index (χ4v) is 3.50. The van der Waals surface area contributed by atoms with Gasteiger partial charge < -0.3 is 5.11 Å². The lowest BCUT2D eigenvalue weighted by Crippen LogP contribution is -2.36. The maximum absolute atomic E-state index is 13.8. The average Bonchev–Trinajstić information content (AvgIpc) is 2.53. The Morgan fingerprint density at radius 2 is 1.64 bits per heavy atom. The van der Waals surface area contributed by atoms with Crippen molar-refractivity contribution >= 4 is 45.1 Å². The molecule has 1 N–H and O–H groups in total. The summed E-state index contributed by atoms with van der Waals surface area (Å²) in [6.07, 6.45) is -0.204. The molecule has 1 atom stereocenters. The molecule has 0 bridgehead atoms. The number of rotatable bonds is 5. The number of aliphatic carboxylic acids is 1. The molecule has 1 unspecified atom stereocenters. The molecule has 0 radical (unpaired) electrons. The van der Waals surface area contributed by atoms with Gasteiger partial charge in [-0.3, -0.25) is 4.79 Å². The molecule has 0 saturated carbocycles. The fraction of sp³-hybridized carbons (Fsp3) is 0.278. The molecule has 25 heavy (non-hydrogen) atoms. The van der Waals surface area contributed by atoms with Crippen LogP contribution in [0.25, 0.3) is 0 Å². The van der Waals surface area contributed by atoms with E-state index in [2.05, 4.69) is 15.9 Å². The molecule has 2 rings (SSSR count). The van der Waals surface area contributed by atoms with E-state index in [1.807, 2.05) is 0 Å². The Labute approximate surface area is 162 Å². The molecule has 2 nitrogen and oxygen atoms in total. The molecule has 0 amide bonds. The molecule has 0 spiro atoms. The minimum Gasteiger partial charge on any atom is -0.481 e. The fourth-order valence-electron chi connectivity index (χ4n) is 2.74. The molecule has 0 aromatic heterocycles. The highest BCUT2D eigenvalue weighted by Gasteiger charge is 2.38. The zero-order valence-corrected chi connectivity index (χ0v) is 16.5. The molecule has 134 valence electrons. The van der Waals surface area contributed by atoms with Crippen LogP contribution in [0, 0.1) is 17.6 Å². The summed E-state index contributed by atoms with van der Waals surface area (Å²) in [6.45, 7) is 3.51. The van der Waals surface area contributed by atoms with Crippen LogP contribution in [0.1, 0.15) is 25.0 Å². The lowest BCUT2D eigenvalue weighted by Gasteiger charge is -2.32. The van der Waals surface area contributed by atoms with Crippen LogP contribution in [0.4, 0.5) is 8.78 Å². The molecule has 0 aliphatic heterocycles. The average molecular weight is 452 g/mol. The zero-order chi connectivity index (χ0) is 18.9. The minimum absolute atomic E-state index is 0.0431. The van der Waals surface area contributed by atoms with E-state index in [-0.39, 0.29) is 22.0 Å². The van der Waals surface area contributed by atoms with Gasteiger partial charge in [0.1, 0.15) is 11.6 Å². The van der Waals surface area contributed by atoms with Crippen molar-refractivity contribution in [1.29, 1.82) is 0 Å².